The second-order valence-electron chi connectivity index (χ2n) is 2.65. The molecule has 10 heavy (non-hydrogen) atoms. The van der Waals surface area contributed by atoms with Gasteiger partial charge in [-0.2, -0.15) is 0 Å². The van der Waals surface area contributed by atoms with E-state index in [2.05, 4.69) is 33.4 Å². The molecule has 0 fully saturated rings. The molecule has 0 heterocycles. The second kappa shape index (κ2) is 4.69. The van der Waals surface area contributed by atoms with Crippen LogP contribution < -0.4 is 0 Å². The van der Waals surface area contributed by atoms with E-state index < -0.39 is 7.26 Å². The van der Waals surface area contributed by atoms with E-state index in [1.165, 1.54) is 18.5 Å². The van der Waals surface area contributed by atoms with Crippen molar-refractivity contribution >= 4 is 36.0 Å². The fourth-order valence-electron chi connectivity index (χ4n) is 1.20. The van der Waals surface area contributed by atoms with Crippen molar-refractivity contribution in [1.82, 2.24) is 0 Å². The molecule has 0 aromatic heterocycles. The van der Waals surface area contributed by atoms with Crippen molar-refractivity contribution in [2.75, 3.05) is 18.5 Å². The van der Waals surface area contributed by atoms with Gasteiger partial charge in [0.25, 0.3) is 0 Å². The second-order valence-corrected chi connectivity index (χ2v) is 9.77. The van der Waals surface area contributed by atoms with Crippen LogP contribution in [0, 0.1) is 0 Å². The van der Waals surface area contributed by atoms with Gasteiger partial charge in [-0.1, -0.05) is 0 Å². The van der Waals surface area contributed by atoms with Crippen LogP contribution >= 0.6 is 32.1 Å². The van der Waals surface area contributed by atoms with Crippen LogP contribution in [-0.2, 0) is 0 Å². The van der Waals surface area contributed by atoms with Crippen molar-refractivity contribution in [3.63, 3.8) is 0 Å². The predicted molar refractivity (Wildman–Crippen MR) is 61.5 cm³/mol. The molecular formula is C7H17PS2. The number of hydrogen-bond acceptors (Lipinski definition) is 1. The Kier molecular flexibility index (Phi) is 5.10. The summed E-state index contributed by atoms with van der Waals surface area (Å²) in [5.74, 6) is 0. The standard InChI is InChI=1S/C7H17PS2/c1-4-8(5-2,6-3)7(9)10/h8H,4-6H2,1-3H3,(H,9,10). The van der Waals surface area contributed by atoms with Crippen molar-refractivity contribution in [1.29, 1.82) is 0 Å². The van der Waals surface area contributed by atoms with Gasteiger partial charge in [-0.25, -0.2) is 0 Å². The molecule has 0 unspecified atom stereocenters. The normalized spacial score (nSPS) is 13.2. The molecule has 0 saturated heterocycles. The predicted octanol–water partition coefficient (Wildman–Crippen LogP) is 3.01. The molecule has 0 rings (SSSR count). The zero-order valence-electron chi connectivity index (χ0n) is 6.98. The number of rotatable bonds is 4. The van der Waals surface area contributed by atoms with Gasteiger partial charge in [-0.05, 0) is 0 Å². The van der Waals surface area contributed by atoms with Crippen LogP contribution in [0.1, 0.15) is 20.8 Å². The molecule has 3 heteroatoms. The average molecular weight is 196 g/mol. The van der Waals surface area contributed by atoms with Crippen molar-refractivity contribution in [2.24, 2.45) is 0 Å². The van der Waals surface area contributed by atoms with Gasteiger partial charge in [0.2, 0.25) is 0 Å². The summed E-state index contributed by atoms with van der Waals surface area (Å²) in [7, 11) is -1.20. The number of hydrogen-bond donors (Lipinski definition) is 1. The molecule has 0 aromatic rings. The van der Waals surface area contributed by atoms with Gasteiger partial charge in [0.1, 0.15) is 0 Å². The number of thiol groups is 1. The Hall–Kier alpha value is 0.870. The van der Waals surface area contributed by atoms with Crippen molar-refractivity contribution in [3.8, 4) is 0 Å². The van der Waals surface area contributed by atoms with Crippen molar-refractivity contribution in [2.45, 2.75) is 20.8 Å². The molecule has 0 aliphatic heterocycles. The first-order valence-electron chi connectivity index (χ1n) is 3.86. The van der Waals surface area contributed by atoms with Gasteiger partial charge in [0, 0.05) is 0 Å². The van der Waals surface area contributed by atoms with Crippen LogP contribution in [0.3, 0.4) is 0 Å². The third-order valence-electron chi connectivity index (χ3n) is 2.48. The molecule has 0 saturated carbocycles. The summed E-state index contributed by atoms with van der Waals surface area (Å²) in [6.45, 7) is 6.71. The van der Waals surface area contributed by atoms with Gasteiger partial charge < -0.3 is 0 Å². The number of thiocarbonyl (C=S) groups is 1. The fraction of sp³-hybridized carbons (Fsp3) is 0.857. The Labute approximate surface area is 75.5 Å². The zero-order chi connectivity index (χ0) is 8.20. The van der Waals surface area contributed by atoms with E-state index >= 15 is 0 Å². The molecule has 62 valence electrons. The molecule has 0 nitrogen and oxygen atoms in total. The SMILES string of the molecule is CC[PH](CC)(CC)C(=S)S. The summed E-state index contributed by atoms with van der Waals surface area (Å²) in [5, 5.41) is 0. The first kappa shape index (κ1) is 10.9. The molecule has 0 aliphatic carbocycles. The molecule has 0 amide bonds. The van der Waals surface area contributed by atoms with E-state index in [4.69, 9.17) is 12.2 Å². The Morgan fingerprint density at radius 3 is 1.50 bits per heavy atom. The van der Waals surface area contributed by atoms with E-state index in [0.717, 1.165) is 3.94 Å². The Morgan fingerprint density at radius 2 is 1.50 bits per heavy atom. The third-order valence-corrected chi connectivity index (χ3v) is 10.2. The molecular weight excluding hydrogens is 179 g/mol. The molecule has 0 N–H and O–H groups in total. The van der Waals surface area contributed by atoms with Crippen LogP contribution in [0.4, 0.5) is 0 Å². The van der Waals surface area contributed by atoms with Crippen molar-refractivity contribution in [3.05, 3.63) is 0 Å². The fourth-order valence-corrected chi connectivity index (χ4v) is 6.33. The van der Waals surface area contributed by atoms with E-state index in [-0.39, 0.29) is 0 Å². The summed E-state index contributed by atoms with van der Waals surface area (Å²) in [4.78, 5) is 0. The summed E-state index contributed by atoms with van der Waals surface area (Å²) >= 11 is 9.46. The first-order valence-corrected chi connectivity index (χ1v) is 7.34. The van der Waals surface area contributed by atoms with E-state index in [1.807, 2.05) is 0 Å². The van der Waals surface area contributed by atoms with Gasteiger partial charge in [0.05, 0.1) is 0 Å². The summed E-state index contributed by atoms with van der Waals surface area (Å²) in [6.07, 6.45) is 3.76. The maximum atomic E-state index is 5.15. The molecule has 0 aliphatic rings. The van der Waals surface area contributed by atoms with Gasteiger partial charge in [0.15, 0.2) is 0 Å². The summed E-state index contributed by atoms with van der Waals surface area (Å²) in [5.41, 5.74) is 0. The van der Waals surface area contributed by atoms with Crippen LogP contribution in [-0.4, -0.2) is 22.4 Å². The van der Waals surface area contributed by atoms with Crippen molar-refractivity contribution < 1.29 is 0 Å². The van der Waals surface area contributed by atoms with Gasteiger partial charge in [-0.3, -0.25) is 0 Å². The quantitative estimate of drug-likeness (QED) is 0.410. The Morgan fingerprint density at radius 1 is 1.20 bits per heavy atom. The summed E-state index contributed by atoms with van der Waals surface area (Å²) in [6, 6.07) is 0. The minimum atomic E-state index is -1.20. The average Bonchev–Trinajstić information content (AvgIpc) is 1.92. The molecule has 0 radical (unpaired) electrons. The Bertz CT molecular complexity index is 111. The topological polar surface area (TPSA) is 0 Å². The minimum absolute atomic E-state index is 1.01. The van der Waals surface area contributed by atoms with Crippen LogP contribution in [0.15, 0.2) is 0 Å². The van der Waals surface area contributed by atoms with E-state index in [9.17, 15) is 0 Å². The van der Waals surface area contributed by atoms with E-state index in [1.54, 1.807) is 0 Å². The zero-order valence-corrected chi connectivity index (χ0v) is 9.69. The maximum absolute atomic E-state index is 5.15. The van der Waals surface area contributed by atoms with Crippen LogP contribution in [0.2, 0.25) is 0 Å². The van der Waals surface area contributed by atoms with Gasteiger partial charge in [-0.15, -0.1) is 0 Å². The van der Waals surface area contributed by atoms with Crippen LogP contribution in [0.5, 0.6) is 0 Å². The molecule has 0 aromatic carbocycles. The molecule has 0 spiro atoms. The first-order chi connectivity index (χ1) is 4.63. The van der Waals surface area contributed by atoms with Crippen LogP contribution in [0.25, 0.3) is 0 Å². The molecule has 0 atom stereocenters. The van der Waals surface area contributed by atoms with Gasteiger partial charge >= 0.3 is 75.3 Å². The van der Waals surface area contributed by atoms with E-state index in [0.29, 0.717) is 0 Å². The third kappa shape index (κ3) is 2.18. The summed E-state index contributed by atoms with van der Waals surface area (Å²) < 4.78 is 1.01. The monoisotopic (exact) mass is 196 g/mol. The Balaban J connectivity index is 4.31. The molecule has 0 bridgehead atoms.